The number of rotatable bonds is 9. The summed E-state index contributed by atoms with van der Waals surface area (Å²) in [7, 11) is -1.66. The molecular weight excluding hydrogens is 342 g/mol. The zero-order valence-corrected chi connectivity index (χ0v) is 19.2. The molecule has 0 spiro atoms. The van der Waals surface area contributed by atoms with Gasteiger partial charge < -0.3 is 9.16 Å². The maximum absolute atomic E-state index is 11.6. The van der Waals surface area contributed by atoms with Crippen LogP contribution < -0.4 is 0 Å². The van der Waals surface area contributed by atoms with Crippen LogP contribution in [0, 0.1) is 5.41 Å². The molecule has 0 bridgehead atoms. The summed E-state index contributed by atoms with van der Waals surface area (Å²) in [6, 6.07) is 0. The van der Waals surface area contributed by atoms with Crippen molar-refractivity contribution < 1.29 is 14.0 Å². The molecule has 0 aromatic rings. The molecule has 0 amide bonds. The minimum atomic E-state index is -1.66. The molecule has 0 unspecified atom stereocenters. The lowest BCUT2D eigenvalue weighted by Gasteiger charge is -2.36. The van der Waals surface area contributed by atoms with Gasteiger partial charge in [-0.05, 0) is 56.8 Å². The fraction of sp³-hybridized carbons (Fsp3) is 0.810. The van der Waals surface area contributed by atoms with Crippen molar-refractivity contribution in [1.29, 1.82) is 0 Å². The van der Waals surface area contributed by atoms with Crippen molar-refractivity contribution >= 4 is 20.0 Å². The van der Waals surface area contributed by atoms with Crippen LogP contribution in [0.1, 0.15) is 67.2 Å². The van der Waals surface area contributed by atoms with Gasteiger partial charge in [-0.2, -0.15) is 0 Å². The van der Waals surface area contributed by atoms with Gasteiger partial charge in [0.1, 0.15) is 0 Å². The molecule has 0 fully saturated rings. The summed E-state index contributed by atoms with van der Waals surface area (Å²) in [4.78, 5) is 16.4. The van der Waals surface area contributed by atoms with E-state index in [-0.39, 0.29) is 16.4 Å². The first kappa shape index (κ1) is 23.1. The molecule has 1 aliphatic heterocycles. The molecule has 1 rings (SSSR count). The molecule has 1 atom stereocenters. The van der Waals surface area contributed by atoms with Crippen LogP contribution in [-0.2, 0) is 14.0 Å². The first-order valence-electron chi connectivity index (χ1n) is 9.93. The largest absolute Gasteiger partial charge is 0.466 e. The van der Waals surface area contributed by atoms with Crippen LogP contribution in [0.2, 0.25) is 18.1 Å². The van der Waals surface area contributed by atoms with Gasteiger partial charge in [0.25, 0.3) is 0 Å². The molecule has 26 heavy (non-hydrogen) atoms. The second kappa shape index (κ2) is 9.31. The Morgan fingerprint density at radius 1 is 1.35 bits per heavy atom. The van der Waals surface area contributed by atoms with Crippen LogP contribution in [0.15, 0.2) is 16.6 Å². The summed E-state index contributed by atoms with van der Waals surface area (Å²) >= 11 is 0. The first-order chi connectivity index (χ1) is 11.9. The van der Waals surface area contributed by atoms with Gasteiger partial charge >= 0.3 is 5.97 Å². The highest BCUT2D eigenvalue weighted by molar-refractivity contribution is 6.74. The number of hydrogen-bond acceptors (Lipinski definition) is 4. The van der Waals surface area contributed by atoms with Crippen LogP contribution in [0.4, 0.5) is 0 Å². The number of allylic oxidation sites excluding steroid dienone is 1. The highest BCUT2D eigenvalue weighted by Gasteiger charge is 2.36. The van der Waals surface area contributed by atoms with Crippen molar-refractivity contribution in [2.75, 3.05) is 19.8 Å². The number of carbonyl (C=O) groups is 1. The van der Waals surface area contributed by atoms with Gasteiger partial charge in [-0.1, -0.05) is 33.8 Å². The zero-order chi connectivity index (χ0) is 20.0. The normalized spacial score (nSPS) is 21.2. The van der Waals surface area contributed by atoms with Crippen LogP contribution in [0.25, 0.3) is 0 Å². The molecule has 4 nitrogen and oxygen atoms in total. The molecule has 0 saturated carbocycles. The third-order valence-electron chi connectivity index (χ3n) is 5.68. The van der Waals surface area contributed by atoms with Crippen molar-refractivity contribution in [1.82, 2.24) is 0 Å². The van der Waals surface area contributed by atoms with Crippen molar-refractivity contribution in [3.05, 3.63) is 11.6 Å². The average Bonchev–Trinajstić information content (AvgIpc) is 2.51. The Hall–Kier alpha value is -0.943. The van der Waals surface area contributed by atoms with Gasteiger partial charge in [0.15, 0.2) is 8.32 Å². The minimum absolute atomic E-state index is 0.0437. The molecule has 1 heterocycles. The van der Waals surface area contributed by atoms with Crippen molar-refractivity contribution in [2.45, 2.75) is 85.4 Å². The van der Waals surface area contributed by atoms with Gasteiger partial charge in [0, 0.05) is 30.7 Å². The molecule has 0 saturated heterocycles. The van der Waals surface area contributed by atoms with E-state index in [1.807, 2.05) is 6.92 Å². The van der Waals surface area contributed by atoms with E-state index in [9.17, 15) is 4.79 Å². The fourth-order valence-corrected chi connectivity index (χ4v) is 3.97. The van der Waals surface area contributed by atoms with Crippen molar-refractivity contribution in [2.24, 2.45) is 10.4 Å². The molecular formula is C21H39NO3Si. The highest BCUT2D eigenvalue weighted by Crippen LogP contribution is 2.36. The second-order valence-corrected chi connectivity index (χ2v) is 14.1. The number of carbonyl (C=O) groups excluding carboxylic acids is 1. The Bertz CT molecular complexity index is 546. The Labute approximate surface area is 161 Å². The van der Waals surface area contributed by atoms with E-state index in [0.717, 1.165) is 32.4 Å². The molecule has 0 aromatic heterocycles. The molecule has 0 aromatic carbocycles. The lowest BCUT2D eigenvalue weighted by atomic mass is 9.81. The lowest BCUT2D eigenvalue weighted by molar-refractivity contribution is -0.143. The molecule has 0 aliphatic carbocycles. The maximum atomic E-state index is 11.6. The monoisotopic (exact) mass is 381 g/mol. The van der Waals surface area contributed by atoms with E-state index in [2.05, 4.69) is 53.8 Å². The van der Waals surface area contributed by atoms with Gasteiger partial charge in [0.2, 0.25) is 0 Å². The van der Waals surface area contributed by atoms with E-state index in [0.29, 0.717) is 13.0 Å². The maximum Gasteiger partial charge on any atom is 0.305 e. The fourth-order valence-electron chi connectivity index (χ4n) is 2.88. The molecule has 1 aliphatic rings. The minimum Gasteiger partial charge on any atom is -0.466 e. The summed E-state index contributed by atoms with van der Waals surface area (Å²) in [6.07, 6.45) is 5.51. The van der Waals surface area contributed by atoms with Gasteiger partial charge in [0.05, 0.1) is 6.61 Å². The number of hydrogen-bond donors (Lipinski definition) is 0. The van der Waals surface area contributed by atoms with Crippen LogP contribution in [0.5, 0.6) is 0 Å². The smallest absolute Gasteiger partial charge is 0.305 e. The molecule has 0 radical (unpaired) electrons. The summed E-state index contributed by atoms with van der Waals surface area (Å²) < 4.78 is 11.3. The molecule has 0 N–H and O–H groups in total. The van der Waals surface area contributed by atoms with Crippen LogP contribution in [-0.4, -0.2) is 39.8 Å². The van der Waals surface area contributed by atoms with Crippen molar-refractivity contribution in [3.63, 3.8) is 0 Å². The topological polar surface area (TPSA) is 47.9 Å². The number of esters is 1. The summed E-state index contributed by atoms with van der Waals surface area (Å²) in [5.41, 5.74) is 2.39. The van der Waals surface area contributed by atoms with Gasteiger partial charge in [-0.25, -0.2) is 0 Å². The van der Waals surface area contributed by atoms with E-state index in [1.54, 1.807) is 0 Å². The van der Waals surface area contributed by atoms with Crippen LogP contribution in [0.3, 0.4) is 0 Å². The number of nitrogens with zero attached hydrogens (tertiary/aromatic N) is 1. The third-order valence-corrected chi connectivity index (χ3v) is 10.2. The van der Waals surface area contributed by atoms with Crippen molar-refractivity contribution in [3.8, 4) is 0 Å². The highest BCUT2D eigenvalue weighted by atomic mass is 28.4. The summed E-state index contributed by atoms with van der Waals surface area (Å²) in [5, 5.41) is 0.256. The van der Waals surface area contributed by atoms with Gasteiger partial charge in [-0.3, -0.25) is 9.79 Å². The second-order valence-electron chi connectivity index (χ2n) is 9.26. The molecule has 5 heteroatoms. The zero-order valence-electron chi connectivity index (χ0n) is 18.2. The standard InChI is InChI=1S/C21H39NO3Si/c1-9-24-19(23)12-13-21(6)15-17(2)18(22-16-21)11-10-14-25-26(7,8)20(3,4)5/h15H,9-14,16H2,1-8H3/t21-/m1/s1. The van der Waals surface area contributed by atoms with Gasteiger partial charge in [-0.15, -0.1) is 0 Å². The third kappa shape index (κ3) is 6.99. The quantitative estimate of drug-likeness (QED) is 0.299. The SMILES string of the molecule is CCOC(=O)CC[C@]1(C)C=C(C)C(CCCO[Si](C)(C)C(C)(C)C)=NC1. The van der Waals surface area contributed by atoms with E-state index >= 15 is 0 Å². The van der Waals surface area contributed by atoms with E-state index in [1.165, 1.54) is 11.3 Å². The summed E-state index contributed by atoms with van der Waals surface area (Å²) in [5.74, 6) is -0.114. The first-order valence-corrected chi connectivity index (χ1v) is 12.8. The Balaban J connectivity index is 2.46. The number of aliphatic imine (C=N–C) groups is 1. The molecule has 150 valence electrons. The van der Waals surface area contributed by atoms with Crippen LogP contribution >= 0.6 is 0 Å². The predicted octanol–water partition coefficient (Wildman–Crippen LogP) is 5.54. The average molecular weight is 382 g/mol. The lowest BCUT2D eigenvalue weighted by Crippen LogP contribution is -2.41. The summed E-state index contributed by atoms with van der Waals surface area (Å²) in [6.45, 7) is 19.6. The predicted molar refractivity (Wildman–Crippen MR) is 112 cm³/mol. The Morgan fingerprint density at radius 3 is 2.54 bits per heavy atom. The van der Waals surface area contributed by atoms with E-state index in [4.69, 9.17) is 14.2 Å². The Kier molecular flexibility index (Phi) is 8.27. The van der Waals surface area contributed by atoms with E-state index < -0.39 is 8.32 Å². The number of dihydropyridines is 1. The number of ether oxygens (including phenoxy) is 1. The Morgan fingerprint density at radius 2 is 2.00 bits per heavy atom.